The summed E-state index contributed by atoms with van der Waals surface area (Å²) >= 11 is 0. The number of nitrogens with zero attached hydrogens (tertiary/aromatic N) is 4. The van der Waals surface area contributed by atoms with Crippen LogP contribution in [0.5, 0.6) is 0 Å². The molecule has 0 spiro atoms. The van der Waals surface area contributed by atoms with Crippen molar-refractivity contribution in [3.05, 3.63) is 5.82 Å². The molecule has 1 aromatic rings. The predicted octanol–water partition coefficient (Wildman–Crippen LogP) is 0.953. The molecule has 2 N–H and O–H groups in total. The van der Waals surface area contributed by atoms with Gasteiger partial charge in [0.15, 0.2) is 5.82 Å². The van der Waals surface area contributed by atoms with Gasteiger partial charge in [0.25, 0.3) is 6.43 Å². The summed E-state index contributed by atoms with van der Waals surface area (Å²) in [4.78, 5) is 1.39. The Balaban J connectivity index is 2.81. The third-order valence-corrected chi connectivity index (χ3v) is 2.09. The second kappa shape index (κ2) is 4.04. The quantitative estimate of drug-likeness (QED) is 0.844. The van der Waals surface area contributed by atoms with E-state index in [-0.39, 0.29) is 17.8 Å². The number of hydrogen-bond acceptors (Lipinski definition) is 4. The van der Waals surface area contributed by atoms with Crippen LogP contribution < -0.4 is 5.73 Å². The van der Waals surface area contributed by atoms with Gasteiger partial charge in [-0.1, -0.05) is 0 Å². The molecule has 92 valence electrons. The van der Waals surface area contributed by atoms with Crippen molar-refractivity contribution >= 4 is 0 Å². The largest absolute Gasteiger partial charge is 0.320 e. The molecule has 7 heteroatoms. The van der Waals surface area contributed by atoms with Crippen LogP contribution in [0.15, 0.2) is 0 Å². The van der Waals surface area contributed by atoms with Crippen LogP contribution in [0.1, 0.15) is 33.5 Å². The van der Waals surface area contributed by atoms with Gasteiger partial charge < -0.3 is 5.73 Å². The van der Waals surface area contributed by atoms with Crippen LogP contribution in [-0.4, -0.2) is 32.2 Å². The van der Waals surface area contributed by atoms with Crippen molar-refractivity contribution in [3.63, 3.8) is 0 Å². The number of tetrazole rings is 1. The molecule has 0 saturated carbocycles. The first-order valence-electron chi connectivity index (χ1n) is 4.99. The van der Waals surface area contributed by atoms with Gasteiger partial charge in [0.1, 0.15) is 0 Å². The molecule has 16 heavy (non-hydrogen) atoms. The van der Waals surface area contributed by atoms with Gasteiger partial charge in [-0.3, -0.25) is 0 Å². The fraction of sp³-hybridized carbons (Fsp3) is 0.889. The van der Waals surface area contributed by atoms with Crippen LogP contribution in [0.3, 0.4) is 0 Å². The highest BCUT2D eigenvalue weighted by Gasteiger charge is 2.32. The van der Waals surface area contributed by atoms with Gasteiger partial charge in [-0.05, 0) is 32.9 Å². The van der Waals surface area contributed by atoms with Crippen LogP contribution in [0.4, 0.5) is 8.78 Å². The number of hydrogen-bond donors (Lipinski definition) is 1. The Hall–Kier alpha value is -1.11. The van der Waals surface area contributed by atoms with Gasteiger partial charge in [0.05, 0.1) is 11.1 Å². The van der Waals surface area contributed by atoms with E-state index in [2.05, 4.69) is 15.4 Å². The SMILES string of the molecule is CC(N)(Cc1nnn(C(C)(C)C)n1)C(F)F. The molecule has 1 unspecified atom stereocenters. The van der Waals surface area contributed by atoms with Gasteiger partial charge in [-0.2, -0.15) is 4.80 Å². The van der Waals surface area contributed by atoms with E-state index < -0.39 is 12.0 Å². The average Bonchev–Trinajstić information content (AvgIpc) is 2.50. The monoisotopic (exact) mass is 233 g/mol. The molecular formula is C9H17F2N5. The molecule has 0 saturated heterocycles. The van der Waals surface area contributed by atoms with Crippen LogP contribution in [0.25, 0.3) is 0 Å². The topological polar surface area (TPSA) is 69.6 Å². The molecule has 1 aromatic heterocycles. The number of rotatable bonds is 3. The molecule has 0 radical (unpaired) electrons. The van der Waals surface area contributed by atoms with Crippen molar-refractivity contribution in [2.75, 3.05) is 0 Å². The Morgan fingerprint density at radius 1 is 1.31 bits per heavy atom. The van der Waals surface area contributed by atoms with Crippen molar-refractivity contribution in [1.29, 1.82) is 0 Å². The first-order valence-corrected chi connectivity index (χ1v) is 4.99. The Morgan fingerprint density at radius 2 is 1.88 bits per heavy atom. The Morgan fingerprint density at radius 3 is 2.25 bits per heavy atom. The lowest BCUT2D eigenvalue weighted by molar-refractivity contribution is 0.0627. The lowest BCUT2D eigenvalue weighted by atomic mass is 10.00. The van der Waals surface area contributed by atoms with Crippen LogP contribution >= 0.6 is 0 Å². The second-order valence-corrected chi connectivity index (χ2v) is 5.15. The summed E-state index contributed by atoms with van der Waals surface area (Å²) in [5.74, 6) is 0.236. The van der Waals surface area contributed by atoms with Gasteiger partial charge in [-0.15, -0.1) is 10.2 Å². The minimum atomic E-state index is -2.62. The van der Waals surface area contributed by atoms with Crippen molar-refractivity contribution in [2.45, 2.75) is 51.6 Å². The third-order valence-electron chi connectivity index (χ3n) is 2.09. The molecule has 0 amide bonds. The Kier molecular flexibility index (Phi) is 3.27. The molecular weight excluding hydrogens is 216 g/mol. The van der Waals surface area contributed by atoms with Crippen molar-refractivity contribution in [2.24, 2.45) is 5.73 Å². The highest BCUT2D eigenvalue weighted by Crippen LogP contribution is 2.17. The maximum atomic E-state index is 12.5. The molecule has 1 heterocycles. The van der Waals surface area contributed by atoms with Gasteiger partial charge in [0, 0.05) is 6.42 Å². The molecule has 0 aromatic carbocycles. The van der Waals surface area contributed by atoms with E-state index in [0.29, 0.717) is 0 Å². The fourth-order valence-electron chi connectivity index (χ4n) is 1.02. The smallest absolute Gasteiger partial charge is 0.256 e. The van der Waals surface area contributed by atoms with E-state index in [4.69, 9.17) is 5.73 Å². The first kappa shape index (κ1) is 13.0. The Labute approximate surface area is 93.0 Å². The third kappa shape index (κ3) is 2.94. The average molecular weight is 233 g/mol. The zero-order valence-corrected chi connectivity index (χ0v) is 9.91. The zero-order chi connectivity index (χ0) is 12.6. The van der Waals surface area contributed by atoms with E-state index in [1.807, 2.05) is 20.8 Å². The summed E-state index contributed by atoms with van der Waals surface area (Å²) in [6.07, 6.45) is -2.71. The number of aromatic nitrogens is 4. The normalized spacial score (nSPS) is 16.5. The summed E-state index contributed by atoms with van der Waals surface area (Å²) in [6, 6.07) is 0. The van der Waals surface area contributed by atoms with Gasteiger partial charge >= 0.3 is 0 Å². The van der Waals surface area contributed by atoms with Gasteiger partial charge in [0.2, 0.25) is 0 Å². The molecule has 0 aliphatic carbocycles. The molecule has 1 atom stereocenters. The van der Waals surface area contributed by atoms with E-state index in [1.165, 1.54) is 11.7 Å². The molecule has 0 aliphatic heterocycles. The van der Waals surface area contributed by atoms with E-state index in [0.717, 1.165) is 0 Å². The van der Waals surface area contributed by atoms with Crippen molar-refractivity contribution < 1.29 is 8.78 Å². The van der Waals surface area contributed by atoms with Crippen LogP contribution in [-0.2, 0) is 12.0 Å². The standard InChI is InChI=1S/C9H17F2N5/c1-8(2,3)16-14-6(13-15-16)5-9(4,12)7(10)11/h7H,5,12H2,1-4H3. The van der Waals surface area contributed by atoms with E-state index >= 15 is 0 Å². The highest BCUT2D eigenvalue weighted by molar-refractivity contribution is 4.94. The number of nitrogens with two attached hydrogens (primary N) is 1. The predicted molar refractivity (Wildman–Crippen MR) is 55.1 cm³/mol. The van der Waals surface area contributed by atoms with Crippen LogP contribution in [0, 0.1) is 0 Å². The highest BCUT2D eigenvalue weighted by atomic mass is 19.3. The number of halogens is 2. The summed E-state index contributed by atoms with van der Waals surface area (Å²) in [6.45, 7) is 6.96. The summed E-state index contributed by atoms with van der Waals surface area (Å²) in [5.41, 5.74) is 3.51. The maximum absolute atomic E-state index is 12.5. The second-order valence-electron chi connectivity index (χ2n) is 5.15. The fourth-order valence-corrected chi connectivity index (χ4v) is 1.02. The Bertz CT molecular complexity index is 353. The maximum Gasteiger partial charge on any atom is 0.256 e. The summed E-state index contributed by atoms with van der Waals surface area (Å²) < 4.78 is 25.1. The number of alkyl halides is 2. The minimum absolute atomic E-state index is 0.0965. The lowest BCUT2D eigenvalue weighted by Crippen LogP contribution is -2.46. The summed E-state index contributed by atoms with van der Waals surface area (Å²) in [7, 11) is 0. The molecule has 0 fully saturated rings. The zero-order valence-electron chi connectivity index (χ0n) is 9.91. The van der Waals surface area contributed by atoms with E-state index in [9.17, 15) is 8.78 Å². The van der Waals surface area contributed by atoms with Crippen molar-refractivity contribution in [1.82, 2.24) is 20.2 Å². The van der Waals surface area contributed by atoms with Gasteiger partial charge in [-0.25, -0.2) is 8.78 Å². The lowest BCUT2D eigenvalue weighted by Gasteiger charge is -2.21. The summed E-state index contributed by atoms with van der Waals surface area (Å²) in [5, 5.41) is 11.6. The van der Waals surface area contributed by atoms with Crippen molar-refractivity contribution in [3.8, 4) is 0 Å². The molecule has 1 rings (SSSR count). The molecule has 0 aliphatic rings. The first-order chi connectivity index (χ1) is 7.13. The van der Waals surface area contributed by atoms with E-state index in [1.54, 1.807) is 0 Å². The minimum Gasteiger partial charge on any atom is -0.320 e. The molecule has 0 bridgehead atoms. The molecule has 5 nitrogen and oxygen atoms in total. The van der Waals surface area contributed by atoms with Crippen LogP contribution in [0.2, 0.25) is 0 Å².